The van der Waals surface area contributed by atoms with Crippen LogP contribution in [0.3, 0.4) is 0 Å². The van der Waals surface area contributed by atoms with Crippen LogP contribution in [0.25, 0.3) is 0 Å². The fourth-order valence-corrected chi connectivity index (χ4v) is 5.10. The summed E-state index contributed by atoms with van der Waals surface area (Å²) in [7, 11) is -3.63. The number of anilines is 1. The van der Waals surface area contributed by atoms with E-state index in [0.717, 1.165) is 31.4 Å². The Balaban J connectivity index is 1.78. The lowest BCUT2D eigenvalue weighted by Gasteiger charge is -2.10. The van der Waals surface area contributed by atoms with Crippen molar-refractivity contribution in [3.63, 3.8) is 0 Å². The van der Waals surface area contributed by atoms with E-state index in [1.165, 1.54) is 28.3 Å². The Labute approximate surface area is 151 Å². The van der Waals surface area contributed by atoms with Gasteiger partial charge in [0.05, 0.1) is 10.6 Å². The molecule has 0 spiro atoms. The predicted octanol–water partition coefficient (Wildman–Crippen LogP) is 2.96. The molecule has 0 bridgehead atoms. The number of hydrogen-bond donors (Lipinski definition) is 2. The van der Waals surface area contributed by atoms with Crippen LogP contribution in [0.1, 0.15) is 47.6 Å². The smallest absolute Gasteiger partial charge is 0.257 e. The van der Waals surface area contributed by atoms with Crippen LogP contribution in [0.5, 0.6) is 0 Å². The highest BCUT2D eigenvalue weighted by Gasteiger charge is 2.19. The van der Waals surface area contributed by atoms with Crippen LogP contribution in [-0.4, -0.2) is 25.4 Å². The molecule has 6 nitrogen and oxygen atoms in total. The molecule has 1 aliphatic carbocycles. The Kier molecular flexibility index (Phi) is 5.21. The molecule has 0 fully saturated rings. The fraction of sp³-hybridized carbons (Fsp3) is 0.412. The van der Waals surface area contributed by atoms with E-state index in [1.54, 1.807) is 26.0 Å². The molecule has 0 radical (unpaired) electrons. The van der Waals surface area contributed by atoms with E-state index in [0.29, 0.717) is 10.7 Å². The predicted molar refractivity (Wildman–Crippen MR) is 98.6 cm³/mol. The van der Waals surface area contributed by atoms with E-state index < -0.39 is 10.0 Å². The number of nitrogens with one attached hydrogen (secondary N) is 2. The van der Waals surface area contributed by atoms with Crippen LogP contribution in [0.4, 0.5) is 5.13 Å². The minimum atomic E-state index is -3.63. The highest BCUT2D eigenvalue weighted by molar-refractivity contribution is 7.89. The minimum Gasteiger partial charge on any atom is -0.298 e. The number of carbonyl (C=O) groups excluding carboxylic acids is 1. The first-order valence-electron chi connectivity index (χ1n) is 8.27. The average Bonchev–Trinajstić information content (AvgIpc) is 2.96. The van der Waals surface area contributed by atoms with Crippen LogP contribution in [0, 0.1) is 0 Å². The minimum absolute atomic E-state index is 0.0762. The molecule has 0 aliphatic heterocycles. The maximum atomic E-state index is 12.5. The summed E-state index contributed by atoms with van der Waals surface area (Å²) in [4.78, 5) is 18.3. The second-order valence-electron chi connectivity index (χ2n) is 6.35. The van der Waals surface area contributed by atoms with E-state index in [1.807, 2.05) is 0 Å². The first-order valence-corrected chi connectivity index (χ1v) is 10.6. The quantitative estimate of drug-likeness (QED) is 0.836. The van der Waals surface area contributed by atoms with Gasteiger partial charge >= 0.3 is 0 Å². The van der Waals surface area contributed by atoms with Crippen molar-refractivity contribution in [3.8, 4) is 0 Å². The molecule has 25 heavy (non-hydrogen) atoms. The van der Waals surface area contributed by atoms with E-state index in [4.69, 9.17) is 0 Å². The van der Waals surface area contributed by atoms with Crippen molar-refractivity contribution in [1.82, 2.24) is 9.71 Å². The number of sulfonamides is 1. The maximum absolute atomic E-state index is 12.5. The second-order valence-corrected chi connectivity index (χ2v) is 9.15. The molecular formula is C17H21N3O3S2. The molecule has 1 amide bonds. The van der Waals surface area contributed by atoms with Gasteiger partial charge in [-0.15, -0.1) is 11.3 Å². The number of aryl methyl sites for hydroxylation is 2. The lowest BCUT2D eigenvalue weighted by molar-refractivity contribution is 0.102. The van der Waals surface area contributed by atoms with Gasteiger partial charge in [0.1, 0.15) is 0 Å². The van der Waals surface area contributed by atoms with Gasteiger partial charge in [-0.1, -0.05) is 6.07 Å². The molecule has 1 aromatic carbocycles. The summed E-state index contributed by atoms with van der Waals surface area (Å²) < 4.78 is 27.0. The summed E-state index contributed by atoms with van der Waals surface area (Å²) in [5.41, 5.74) is 1.36. The standard InChI is InChI=1S/C17H21N3O3S2/c1-11(2)20-25(22,23)13-7-5-6-12(10-13)16(21)19-17-18-14-8-3-4-9-15(14)24-17/h5-7,10-11,20H,3-4,8-9H2,1-2H3,(H,18,19,21). The third kappa shape index (κ3) is 4.26. The number of benzene rings is 1. The molecule has 1 aromatic heterocycles. The molecule has 2 aromatic rings. The lowest BCUT2D eigenvalue weighted by Crippen LogP contribution is -2.30. The van der Waals surface area contributed by atoms with Gasteiger partial charge < -0.3 is 0 Å². The Morgan fingerprint density at radius 1 is 1.24 bits per heavy atom. The molecule has 134 valence electrons. The van der Waals surface area contributed by atoms with Gasteiger partial charge in [0.2, 0.25) is 10.0 Å². The average molecular weight is 380 g/mol. The monoisotopic (exact) mass is 379 g/mol. The molecule has 0 saturated heterocycles. The SMILES string of the molecule is CC(C)NS(=O)(=O)c1cccc(C(=O)Nc2nc3c(s2)CCCC3)c1. The van der Waals surface area contributed by atoms with Gasteiger partial charge in [0.25, 0.3) is 5.91 Å². The highest BCUT2D eigenvalue weighted by atomic mass is 32.2. The Bertz CT molecular complexity index is 865. The summed E-state index contributed by atoms with van der Waals surface area (Å²) in [6.07, 6.45) is 4.26. The van der Waals surface area contributed by atoms with Crippen LogP contribution in [0.2, 0.25) is 0 Å². The van der Waals surface area contributed by atoms with Gasteiger partial charge in [-0.25, -0.2) is 18.1 Å². The Hall–Kier alpha value is -1.77. The number of nitrogens with zero attached hydrogens (tertiary/aromatic N) is 1. The largest absolute Gasteiger partial charge is 0.298 e. The summed E-state index contributed by atoms with van der Waals surface area (Å²) in [5, 5.41) is 3.36. The number of amides is 1. The number of carbonyl (C=O) groups is 1. The second kappa shape index (κ2) is 7.23. The molecular weight excluding hydrogens is 358 g/mol. The molecule has 0 unspecified atom stereocenters. The first-order chi connectivity index (χ1) is 11.8. The number of hydrogen-bond acceptors (Lipinski definition) is 5. The topological polar surface area (TPSA) is 88.2 Å². The number of fused-ring (bicyclic) bond motifs is 1. The molecule has 0 saturated carbocycles. The molecule has 1 heterocycles. The van der Waals surface area contributed by atoms with Crippen molar-refractivity contribution in [2.24, 2.45) is 0 Å². The third-order valence-corrected chi connectivity index (χ3v) is 6.59. The van der Waals surface area contributed by atoms with Crippen molar-refractivity contribution in [1.29, 1.82) is 0 Å². The van der Waals surface area contributed by atoms with Crippen LogP contribution in [-0.2, 0) is 22.9 Å². The molecule has 8 heteroatoms. The van der Waals surface area contributed by atoms with E-state index >= 15 is 0 Å². The Morgan fingerprint density at radius 2 is 2.00 bits per heavy atom. The zero-order valence-corrected chi connectivity index (χ0v) is 15.8. The van der Waals surface area contributed by atoms with Crippen LogP contribution in [0.15, 0.2) is 29.2 Å². The van der Waals surface area contributed by atoms with Gasteiger partial charge in [0.15, 0.2) is 5.13 Å². The maximum Gasteiger partial charge on any atom is 0.257 e. The van der Waals surface area contributed by atoms with Crippen LogP contribution < -0.4 is 10.0 Å². The zero-order valence-electron chi connectivity index (χ0n) is 14.2. The number of thiazole rings is 1. The van der Waals surface area contributed by atoms with Gasteiger partial charge in [-0.2, -0.15) is 0 Å². The summed E-state index contributed by atoms with van der Waals surface area (Å²) in [6.45, 7) is 3.50. The van der Waals surface area contributed by atoms with Gasteiger partial charge in [0, 0.05) is 16.5 Å². The van der Waals surface area contributed by atoms with Crippen molar-refractivity contribution < 1.29 is 13.2 Å². The highest BCUT2D eigenvalue weighted by Crippen LogP contribution is 2.29. The van der Waals surface area contributed by atoms with Crippen molar-refractivity contribution in [3.05, 3.63) is 40.4 Å². The zero-order chi connectivity index (χ0) is 18.0. The van der Waals surface area contributed by atoms with Crippen molar-refractivity contribution in [2.45, 2.75) is 50.5 Å². The Morgan fingerprint density at radius 3 is 2.72 bits per heavy atom. The molecule has 2 N–H and O–H groups in total. The van der Waals surface area contributed by atoms with Crippen molar-refractivity contribution in [2.75, 3.05) is 5.32 Å². The van der Waals surface area contributed by atoms with E-state index in [2.05, 4.69) is 15.0 Å². The number of aromatic nitrogens is 1. The summed E-state index contributed by atoms with van der Waals surface area (Å²) in [6, 6.07) is 5.80. The molecule has 0 atom stereocenters. The van der Waals surface area contributed by atoms with Gasteiger partial charge in [-0.05, 0) is 57.7 Å². The number of rotatable bonds is 5. The fourth-order valence-electron chi connectivity index (χ4n) is 2.76. The van der Waals surface area contributed by atoms with Gasteiger partial charge in [-0.3, -0.25) is 10.1 Å². The van der Waals surface area contributed by atoms with E-state index in [-0.39, 0.29) is 16.8 Å². The van der Waals surface area contributed by atoms with Crippen LogP contribution >= 0.6 is 11.3 Å². The van der Waals surface area contributed by atoms with Crippen molar-refractivity contribution >= 4 is 32.4 Å². The third-order valence-electron chi connectivity index (χ3n) is 3.86. The lowest BCUT2D eigenvalue weighted by atomic mass is 10.0. The molecule has 3 rings (SSSR count). The summed E-state index contributed by atoms with van der Waals surface area (Å²) in [5.74, 6) is -0.354. The first kappa shape index (κ1) is 18.0. The molecule has 1 aliphatic rings. The normalized spacial score (nSPS) is 14.4. The summed E-state index contributed by atoms with van der Waals surface area (Å²) >= 11 is 1.50. The van der Waals surface area contributed by atoms with E-state index in [9.17, 15) is 13.2 Å².